The van der Waals surface area contributed by atoms with Crippen molar-refractivity contribution in [2.45, 2.75) is 23.6 Å². The number of hydrogen-bond donors (Lipinski definition) is 2. The maximum Gasteiger partial charge on any atom is 0.322 e. The van der Waals surface area contributed by atoms with Gasteiger partial charge in [-0.25, -0.2) is 8.42 Å². The third kappa shape index (κ3) is 2.00. The van der Waals surface area contributed by atoms with Gasteiger partial charge in [-0.1, -0.05) is 0 Å². The molecular formula is C9H13N3O5S. The SMILES string of the molecule is Cn1nccc1S(=O)(=O)N1CC(O)C[C@H]1C(=O)O. The standard InChI is InChI=1S/C9H13N3O5S/c1-11-8(2-3-10-11)18(16,17)12-5-6(13)4-7(12)9(14)15/h2-3,6-7,13H,4-5H2,1H3,(H,14,15)/t6?,7-/m0/s1. The maximum absolute atomic E-state index is 12.3. The molecule has 1 saturated heterocycles. The molecular weight excluding hydrogens is 262 g/mol. The van der Waals surface area contributed by atoms with Crippen LogP contribution in [0.4, 0.5) is 0 Å². The van der Waals surface area contributed by atoms with Crippen LogP contribution in [-0.2, 0) is 21.9 Å². The molecule has 2 N–H and O–H groups in total. The van der Waals surface area contributed by atoms with E-state index in [1.165, 1.54) is 19.3 Å². The second-order valence-electron chi connectivity index (χ2n) is 4.11. The predicted molar refractivity (Wildman–Crippen MR) is 59.1 cm³/mol. The van der Waals surface area contributed by atoms with Crippen LogP contribution in [0.25, 0.3) is 0 Å². The molecule has 8 nitrogen and oxygen atoms in total. The van der Waals surface area contributed by atoms with Crippen molar-refractivity contribution in [3.63, 3.8) is 0 Å². The Morgan fingerprint density at radius 1 is 1.56 bits per heavy atom. The second kappa shape index (κ2) is 4.34. The average molecular weight is 275 g/mol. The maximum atomic E-state index is 12.3. The van der Waals surface area contributed by atoms with Crippen molar-refractivity contribution < 1.29 is 23.4 Å². The number of carboxylic acids is 1. The van der Waals surface area contributed by atoms with E-state index in [0.717, 1.165) is 8.99 Å². The first-order valence-electron chi connectivity index (χ1n) is 5.24. The molecule has 0 saturated carbocycles. The van der Waals surface area contributed by atoms with Crippen LogP contribution in [0.1, 0.15) is 6.42 Å². The summed E-state index contributed by atoms with van der Waals surface area (Å²) in [7, 11) is -2.51. The summed E-state index contributed by atoms with van der Waals surface area (Å²) in [6, 6.07) is 0.0544. The lowest BCUT2D eigenvalue weighted by Gasteiger charge is -2.20. The summed E-state index contributed by atoms with van der Waals surface area (Å²) < 4.78 is 26.5. The summed E-state index contributed by atoms with van der Waals surface area (Å²) in [5.41, 5.74) is 0. The normalized spacial score (nSPS) is 25.4. The molecule has 0 amide bonds. The molecule has 1 aromatic rings. The van der Waals surface area contributed by atoms with Crippen molar-refractivity contribution >= 4 is 16.0 Å². The topological polar surface area (TPSA) is 113 Å². The molecule has 9 heteroatoms. The monoisotopic (exact) mass is 275 g/mol. The van der Waals surface area contributed by atoms with Crippen molar-refractivity contribution in [3.8, 4) is 0 Å². The van der Waals surface area contributed by atoms with E-state index < -0.39 is 28.1 Å². The third-order valence-corrected chi connectivity index (χ3v) is 4.82. The van der Waals surface area contributed by atoms with Gasteiger partial charge in [0.05, 0.1) is 12.3 Å². The van der Waals surface area contributed by atoms with Crippen molar-refractivity contribution in [3.05, 3.63) is 12.3 Å². The molecule has 2 heterocycles. The van der Waals surface area contributed by atoms with Crippen molar-refractivity contribution in [1.82, 2.24) is 14.1 Å². The molecule has 2 rings (SSSR count). The largest absolute Gasteiger partial charge is 0.480 e. The highest BCUT2D eigenvalue weighted by Crippen LogP contribution is 2.26. The summed E-state index contributed by atoms with van der Waals surface area (Å²) in [5, 5.41) is 22.1. The average Bonchev–Trinajstić information content (AvgIpc) is 2.84. The van der Waals surface area contributed by atoms with Crippen LogP contribution in [0.5, 0.6) is 0 Å². The summed E-state index contributed by atoms with van der Waals surface area (Å²) >= 11 is 0. The zero-order chi connectivity index (χ0) is 13.5. The fraction of sp³-hybridized carbons (Fsp3) is 0.556. The number of aryl methyl sites for hydroxylation is 1. The van der Waals surface area contributed by atoms with Gasteiger partial charge in [0.25, 0.3) is 10.0 Å². The zero-order valence-corrected chi connectivity index (χ0v) is 10.4. The van der Waals surface area contributed by atoms with E-state index in [4.69, 9.17) is 5.11 Å². The highest BCUT2D eigenvalue weighted by Gasteiger charge is 2.44. The summed E-state index contributed by atoms with van der Waals surface area (Å²) in [5.74, 6) is -1.27. The van der Waals surface area contributed by atoms with E-state index in [-0.39, 0.29) is 18.0 Å². The Labute approximate surface area is 103 Å². The smallest absolute Gasteiger partial charge is 0.322 e. The molecule has 18 heavy (non-hydrogen) atoms. The highest BCUT2D eigenvalue weighted by atomic mass is 32.2. The third-order valence-electron chi connectivity index (χ3n) is 2.87. The number of sulfonamides is 1. The Kier molecular flexibility index (Phi) is 3.13. The summed E-state index contributed by atoms with van der Waals surface area (Å²) in [4.78, 5) is 11.0. The number of aromatic nitrogens is 2. The molecule has 0 spiro atoms. The van der Waals surface area contributed by atoms with Crippen LogP contribution < -0.4 is 0 Å². The van der Waals surface area contributed by atoms with Gasteiger partial charge in [-0.3, -0.25) is 9.48 Å². The number of rotatable bonds is 3. The van der Waals surface area contributed by atoms with E-state index in [9.17, 15) is 18.3 Å². The fourth-order valence-corrected chi connectivity index (χ4v) is 3.74. The minimum Gasteiger partial charge on any atom is -0.480 e. The van der Waals surface area contributed by atoms with E-state index in [2.05, 4.69) is 5.10 Å². The minimum atomic E-state index is -3.96. The van der Waals surface area contributed by atoms with Gasteiger partial charge >= 0.3 is 5.97 Å². The van der Waals surface area contributed by atoms with Gasteiger partial charge in [-0.15, -0.1) is 0 Å². The number of aliphatic carboxylic acids is 1. The number of aliphatic hydroxyl groups is 1. The molecule has 1 aromatic heterocycles. The Morgan fingerprint density at radius 3 is 2.72 bits per heavy atom. The van der Waals surface area contributed by atoms with Gasteiger partial charge in [0.1, 0.15) is 6.04 Å². The zero-order valence-electron chi connectivity index (χ0n) is 9.59. The Hall–Kier alpha value is -1.45. The lowest BCUT2D eigenvalue weighted by Crippen LogP contribution is -2.41. The molecule has 1 fully saturated rings. The van der Waals surface area contributed by atoms with Crippen molar-refractivity contribution in [2.75, 3.05) is 6.54 Å². The molecule has 0 aliphatic carbocycles. The van der Waals surface area contributed by atoms with E-state index in [1.807, 2.05) is 0 Å². The van der Waals surface area contributed by atoms with Crippen LogP contribution in [-0.4, -0.2) is 57.4 Å². The Morgan fingerprint density at radius 2 is 2.22 bits per heavy atom. The first-order chi connectivity index (χ1) is 8.34. The summed E-state index contributed by atoms with van der Waals surface area (Å²) in [6.45, 7) is -0.218. The number of nitrogens with zero attached hydrogens (tertiary/aromatic N) is 3. The van der Waals surface area contributed by atoms with Crippen LogP contribution in [0.3, 0.4) is 0 Å². The van der Waals surface area contributed by atoms with Gasteiger partial charge in [-0.05, 0) is 6.07 Å². The minimum absolute atomic E-state index is 0.0946. The molecule has 1 unspecified atom stereocenters. The van der Waals surface area contributed by atoms with Crippen LogP contribution in [0, 0.1) is 0 Å². The Balaban J connectivity index is 2.41. The second-order valence-corrected chi connectivity index (χ2v) is 5.95. The lowest BCUT2D eigenvalue weighted by atomic mass is 10.2. The first-order valence-corrected chi connectivity index (χ1v) is 6.68. The molecule has 2 atom stereocenters. The molecule has 1 aliphatic rings. The lowest BCUT2D eigenvalue weighted by molar-refractivity contribution is -0.140. The van der Waals surface area contributed by atoms with Crippen LogP contribution >= 0.6 is 0 Å². The van der Waals surface area contributed by atoms with E-state index in [0.29, 0.717) is 0 Å². The molecule has 0 bridgehead atoms. The van der Waals surface area contributed by atoms with Crippen LogP contribution in [0.2, 0.25) is 0 Å². The predicted octanol–water partition coefficient (Wildman–Crippen LogP) is -1.37. The van der Waals surface area contributed by atoms with E-state index in [1.54, 1.807) is 0 Å². The van der Waals surface area contributed by atoms with Crippen molar-refractivity contribution in [2.24, 2.45) is 7.05 Å². The quantitative estimate of drug-likeness (QED) is 0.703. The molecule has 100 valence electrons. The molecule has 0 radical (unpaired) electrons. The summed E-state index contributed by atoms with van der Waals surface area (Å²) in [6.07, 6.45) is 0.246. The van der Waals surface area contributed by atoms with Gasteiger partial charge in [-0.2, -0.15) is 9.40 Å². The number of β-amino-alcohol motifs (C(OH)–C–C–N with tert-alkyl or cyclic N) is 1. The number of carboxylic acid groups (broad SMARTS) is 1. The highest BCUT2D eigenvalue weighted by molar-refractivity contribution is 7.89. The van der Waals surface area contributed by atoms with E-state index >= 15 is 0 Å². The van der Waals surface area contributed by atoms with Crippen molar-refractivity contribution in [1.29, 1.82) is 0 Å². The number of carbonyl (C=O) groups is 1. The van der Waals surface area contributed by atoms with Gasteiger partial charge in [0, 0.05) is 20.0 Å². The van der Waals surface area contributed by atoms with Gasteiger partial charge < -0.3 is 10.2 Å². The van der Waals surface area contributed by atoms with Gasteiger partial charge in [0.15, 0.2) is 5.03 Å². The number of hydrogen-bond acceptors (Lipinski definition) is 5. The fourth-order valence-electron chi connectivity index (χ4n) is 2.01. The first kappa shape index (κ1) is 13.0. The molecule has 0 aromatic carbocycles. The Bertz CT molecular complexity index is 567. The molecule has 1 aliphatic heterocycles. The van der Waals surface area contributed by atoms with Gasteiger partial charge in [0.2, 0.25) is 0 Å². The van der Waals surface area contributed by atoms with Crippen LogP contribution in [0.15, 0.2) is 17.3 Å². The number of aliphatic hydroxyl groups excluding tert-OH is 1.